The molecule has 1 amide bonds. The van der Waals surface area contributed by atoms with Crippen molar-refractivity contribution in [3.8, 4) is 0 Å². The molecule has 7 heteroatoms. The van der Waals surface area contributed by atoms with E-state index < -0.39 is 11.7 Å². The number of ether oxygens (including phenoxy) is 1. The molecular formula is C14H19BrFN3O2. The van der Waals surface area contributed by atoms with Crippen LogP contribution in [0.5, 0.6) is 0 Å². The van der Waals surface area contributed by atoms with Gasteiger partial charge in [-0.25, -0.2) is 4.39 Å². The number of hydrogen-bond acceptors (Lipinski definition) is 4. The fourth-order valence-electron chi connectivity index (χ4n) is 2.42. The van der Waals surface area contributed by atoms with Crippen LogP contribution < -0.4 is 11.1 Å². The Bertz CT molecular complexity index is 521. The van der Waals surface area contributed by atoms with Gasteiger partial charge in [0.25, 0.3) is 5.91 Å². The van der Waals surface area contributed by atoms with Crippen LogP contribution in [0.15, 0.2) is 16.6 Å². The van der Waals surface area contributed by atoms with Crippen LogP contribution in [0.4, 0.5) is 10.1 Å². The number of nitrogens with one attached hydrogen (secondary N) is 1. The highest BCUT2D eigenvalue weighted by atomic mass is 79.9. The van der Waals surface area contributed by atoms with Crippen LogP contribution in [0.2, 0.25) is 0 Å². The lowest BCUT2D eigenvalue weighted by Gasteiger charge is -2.30. The number of nitrogens with zero attached hydrogens (tertiary/aromatic N) is 1. The van der Waals surface area contributed by atoms with Gasteiger partial charge in [0.05, 0.1) is 24.5 Å². The molecule has 1 aliphatic heterocycles. The Labute approximate surface area is 131 Å². The molecule has 0 aromatic heterocycles. The molecular weight excluding hydrogens is 341 g/mol. The van der Waals surface area contributed by atoms with E-state index in [4.69, 9.17) is 10.5 Å². The number of benzene rings is 1. The van der Waals surface area contributed by atoms with Crippen LogP contribution in [0, 0.1) is 5.82 Å². The fourth-order valence-corrected chi connectivity index (χ4v) is 2.85. The van der Waals surface area contributed by atoms with Gasteiger partial charge in [-0.2, -0.15) is 0 Å². The van der Waals surface area contributed by atoms with Crippen molar-refractivity contribution in [1.29, 1.82) is 0 Å². The zero-order chi connectivity index (χ0) is 15.4. The van der Waals surface area contributed by atoms with Crippen molar-refractivity contribution in [3.05, 3.63) is 28.0 Å². The van der Waals surface area contributed by atoms with Gasteiger partial charge >= 0.3 is 0 Å². The van der Waals surface area contributed by atoms with E-state index in [9.17, 15) is 9.18 Å². The third-order valence-corrected chi connectivity index (χ3v) is 3.80. The van der Waals surface area contributed by atoms with Gasteiger partial charge in [0.2, 0.25) is 0 Å². The molecule has 0 aliphatic carbocycles. The van der Waals surface area contributed by atoms with Gasteiger partial charge in [-0.05, 0) is 19.1 Å². The quantitative estimate of drug-likeness (QED) is 0.841. The smallest absolute Gasteiger partial charge is 0.253 e. The first-order valence-electron chi connectivity index (χ1n) is 6.83. The lowest BCUT2D eigenvalue weighted by atomic mass is 10.1. The number of morpholine rings is 1. The highest BCUT2D eigenvalue weighted by Crippen LogP contribution is 2.25. The van der Waals surface area contributed by atoms with Gasteiger partial charge < -0.3 is 15.8 Å². The predicted molar refractivity (Wildman–Crippen MR) is 83.0 cm³/mol. The minimum absolute atomic E-state index is 0.0508. The molecule has 0 spiro atoms. The maximum Gasteiger partial charge on any atom is 0.253 e. The number of anilines is 1. The standard InChI is InChI=1S/C14H19BrFN3O2/c1-9(8-19-2-4-21-5-3-19)18-12-7-10(15)6-11(16)13(12)14(17)20/h6-7,9,18H,2-5,8H2,1H3,(H2,17,20). The number of carbonyl (C=O) groups is 1. The summed E-state index contributed by atoms with van der Waals surface area (Å²) in [5.74, 6) is -1.40. The van der Waals surface area contributed by atoms with E-state index in [2.05, 4.69) is 26.1 Å². The SMILES string of the molecule is CC(CN1CCOCC1)Nc1cc(Br)cc(F)c1C(N)=O. The summed E-state index contributed by atoms with van der Waals surface area (Å²) in [6.45, 7) is 5.98. The zero-order valence-corrected chi connectivity index (χ0v) is 13.5. The second-order valence-corrected chi connectivity index (χ2v) is 6.05. The van der Waals surface area contributed by atoms with Gasteiger partial charge in [0, 0.05) is 30.1 Å². The lowest BCUT2D eigenvalue weighted by Crippen LogP contribution is -2.42. The topological polar surface area (TPSA) is 67.6 Å². The molecule has 1 fully saturated rings. The summed E-state index contributed by atoms with van der Waals surface area (Å²) < 4.78 is 19.7. The third-order valence-electron chi connectivity index (χ3n) is 3.34. The minimum Gasteiger partial charge on any atom is -0.381 e. The molecule has 0 radical (unpaired) electrons. The molecule has 21 heavy (non-hydrogen) atoms. The molecule has 3 N–H and O–H groups in total. The number of hydrogen-bond donors (Lipinski definition) is 2. The summed E-state index contributed by atoms with van der Waals surface area (Å²) in [5.41, 5.74) is 5.57. The van der Waals surface area contributed by atoms with Crippen LogP contribution in [0.3, 0.4) is 0 Å². The first-order chi connectivity index (χ1) is 9.97. The lowest BCUT2D eigenvalue weighted by molar-refractivity contribution is 0.0368. The Kier molecular flexibility index (Phi) is 5.55. The molecule has 1 heterocycles. The van der Waals surface area contributed by atoms with E-state index in [1.54, 1.807) is 6.07 Å². The largest absolute Gasteiger partial charge is 0.381 e. The first-order valence-corrected chi connectivity index (χ1v) is 7.62. The van der Waals surface area contributed by atoms with E-state index in [-0.39, 0.29) is 11.6 Å². The van der Waals surface area contributed by atoms with Gasteiger partial charge in [0.15, 0.2) is 0 Å². The van der Waals surface area contributed by atoms with Crippen molar-refractivity contribution in [2.75, 3.05) is 38.2 Å². The molecule has 1 aromatic rings. The van der Waals surface area contributed by atoms with Crippen LogP contribution in [0.1, 0.15) is 17.3 Å². The van der Waals surface area contributed by atoms with Crippen LogP contribution in [0.25, 0.3) is 0 Å². The molecule has 1 unspecified atom stereocenters. The average Bonchev–Trinajstić information content (AvgIpc) is 2.38. The van der Waals surface area contributed by atoms with E-state index in [0.717, 1.165) is 32.8 Å². The van der Waals surface area contributed by atoms with Crippen LogP contribution in [-0.4, -0.2) is 49.7 Å². The van der Waals surface area contributed by atoms with Crippen molar-refractivity contribution in [2.24, 2.45) is 5.73 Å². The van der Waals surface area contributed by atoms with E-state index in [1.165, 1.54) is 6.07 Å². The van der Waals surface area contributed by atoms with Crippen molar-refractivity contribution in [2.45, 2.75) is 13.0 Å². The maximum atomic E-state index is 13.9. The summed E-state index contributed by atoms with van der Waals surface area (Å²) >= 11 is 3.23. The monoisotopic (exact) mass is 359 g/mol. The van der Waals surface area contributed by atoms with E-state index in [1.807, 2.05) is 6.92 Å². The average molecular weight is 360 g/mol. The number of carbonyl (C=O) groups excluding carboxylic acids is 1. The number of rotatable bonds is 5. The summed E-state index contributed by atoms with van der Waals surface area (Å²) in [4.78, 5) is 13.7. The number of nitrogens with two attached hydrogens (primary N) is 1. The number of primary amides is 1. The summed E-state index contributed by atoms with van der Waals surface area (Å²) in [6.07, 6.45) is 0. The van der Waals surface area contributed by atoms with Gasteiger partial charge in [-0.15, -0.1) is 0 Å². The zero-order valence-electron chi connectivity index (χ0n) is 11.9. The highest BCUT2D eigenvalue weighted by Gasteiger charge is 2.19. The van der Waals surface area contributed by atoms with Gasteiger partial charge in [0.1, 0.15) is 5.82 Å². The summed E-state index contributed by atoms with van der Waals surface area (Å²) in [5, 5.41) is 3.17. The molecule has 1 aromatic carbocycles. The summed E-state index contributed by atoms with van der Waals surface area (Å²) in [6, 6.07) is 2.95. The normalized spacial score (nSPS) is 17.5. The molecule has 116 valence electrons. The molecule has 0 saturated carbocycles. The number of halogens is 2. The predicted octanol–water partition coefficient (Wildman–Crippen LogP) is 1.82. The van der Waals surface area contributed by atoms with Crippen molar-refractivity contribution in [3.63, 3.8) is 0 Å². The maximum absolute atomic E-state index is 13.9. The van der Waals surface area contributed by atoms with Gasteiger partial charge in [-0.1, -0.05) is 15.9 Å². The number of amides is 1. The van der Waals surface area contributed by atoms with Crippen LogP contribution >= 0.6 is 15.9 Å². The summed E-state index contributed by atoms with van der Waals surface area (Å²) in [7, 11) is 0. The first kappa shape index (κ1) is 16.2. The van der Waals surface area contributed by atoms with E-state index in [0.29, 0.717) is 10.2 Å². The molecule has 1 atom stereocenters. The van der Waals surface area contributed by atoms with Crippen molar-refractivity contribution in [1.82, 2.24) is 4.90 Å². The van der Waals surface area contributed by atoms with Crippen molar-refractivity contribution < 1.29 is 13.9 Å². The van der Waals surface area contributed by atoms with Crippen LogP contribution in [-0.2, 0) is 4.74 Å². The molecule has 2 rings (SSSR count). The third kappa shape index (κ3) is 4.39. The van der Waals surface area contributed by atoms with Gasteiger partial charge in [-0.3, -0.25) is 9.69 Å². The molecule has 1 aliphatic rings. The molecule has 5 nitrogen and oxygen atoms in total. The molecule has 0 bridgehead atoms. The molecule has 1 saturated heterocycles. The Balaban J connectivity index is 2.08. The Hall–Kier alpha value is -1.18. The highest BCUT2D eigenvalue weighted by molar-refractivity contribution is 9.10. The Morgan fingerprint density at radius 1 is 1.52 bits per heavy atom. The second kappa shape index (κ2) is 7.20. The Morgan fingerprint density at radius 2 is 2.19 bits per heavy atom. The van der Waals surface area contributed by atoms with Crippen molar-refractivity contribution >= 4 is 27.5 Å². The van der Waals surface area contributed by atoms with E-state index >= 15 is 0 Å². The second-order valence-electron chi connectivity index (χ2n) is 5.13. The minimum atomic E-state index is -0.777. The fraction of sp³-hybridized carbons (Fsp3) is 0.500. The Morgan fingerprint density at radius 3 is 2.81 bits per heavy atom.